The summed E-state index contributed by atoms with van der Waals surface area (Å²) in [6, 6.07) is 4.79. The fraction of sp³-hybridized carbons (Fsp3) is 0.467. The molecule has 22 heavy (non-hydrogen) atoms. The van der Waals surface area contributed by atoms with Crippen LogP contribution in [0.3, 0.4) is 0 Å². The third-order valence-corrected chi connectivity index (χ3v) is 2.92. The first-order chi connectivity index (χ1) is 10.3. The molecule has 7 heteroatoms. The number of anilines is 2. The van der Waals surface area contributed by atoms with E-state index >= 15 is 0 Å². The second kappa shape index (κ2) is 6.13. The maximum atomic E-state index is 12.3. The van der Waals surface area contributed by atoms with Gasteiger partial charge in [-0.1, -0.05) is 0 Å². The molecule has 2 rings (SSSR count). The molecule has 0 spiro atoms. The van der Waals surface area contributed by atoms with Crippen molar-refractivity contribution in [1.82, 2.24) is 5.32 Å². The lowest BCUT2D eigenvalue weighted by molar-refractivity contribution is 0.0568. The Bertz CT molecular complexity index is 581. The Hall–Kier alpha value is -2.44. The van der Waals surface area contributed by atoms with E-state index in [1.807, 2.05) is 20.8 Å². The molecule has 0 unspecified atom stereocenters. The molecule has 0 saturated heterocycles. The van der Waals surface area contributed by atoms with Crippen molar-refractivity contribution in [2.75, 3.05) is 30.4 Å². The molecule has 1 aromatic carbocycles. The van der Waals surface area contributed by atoms with Gasteiger partial charge in [-0.2, -0.15) is 0 Å². The van der Waals surface area contributed by atoms with E-state index in [1.54, 1.807) is 18.2 Å². The molecule has 0 saturated carbocycles. The van der Waals surface area contributed by atoms with E-state index in [4.69, 9.17) is 9.47 Å². The van der Waals surface area contributed by atoms with Crippen molar-refractivity contribution < 1.29 is 19.1 Å². The van der Waals surface area contributed by atoms with Gasteiger partial charge in [0.1, 0.15) is 18.0 Å². The average molecular weight is 307 g/mol. The van der Waals surface area contributed by atoms with Gasteiger partial charge in [-0.05, 0) is 39.0 Å². The minimum absolute atomic E-state index is 0.333. The second-order valence-corrected chi connectivity index (χ2v) is 5.87. The number of nitrogens with one attached hydrogen (secondary N) is 2. The van der Waals surface area contributed by atoms with Gasteiger partial charge < -0.3 is 20.1 Å². The van der Waals surface area contributed by atoms with Crippen LogP contribution in [-0.4, -0.2) is 37.9 Å². The Morgan fingerprint density at radius 2 is 2.05 bits per heavy atom. The fourth-order valence-electron chi connectivity index (χ4n) is 2.00. The Labute approximate surface area is 129 Å². The molecule has 0 radical (unpaired) electrons. The van der Waals surface area contributed by atoms with E-state index in [-0.39, 0.29) is 6.03 Å². The van der Waals surface area contributed by atoms with Gasteiger partial charge in [-0.25, -0.2) is 9.59 Å². The zero-order chi connectivity index (χ0) is 16.3. The number of urea groups is 1. The third kappa shape index (κ3) is 3.81. The number of nitrogens with zero attached hydrogens (tertiary/aromatic N) is 1. The van der Waals surface area contributed by atoms with Crippen molar-refractivity contribution in [1.29, 1.82) is 0 Å². The highest BCUT2D eigenvalue weighted by atomic mass is 16.6. The highest BCUT2D eigenvalue weighted by Gasteiger charge is 2.28. The summed E-state index contributed by atoms with van der Waals surface area (Å²) in [6.07, 6.45) is -0.436. The predicted molar refractivity (Wildman–Crippen MR) is 83.6 cm³/mol. The Morgan fingerprint density at radius 1 is 1.32 bits per heavy atom. The maximum absolute atomic E-state index is 12.3. The van der Waals surface area contributed by atoms with Gasteiger partial charge in [0.2, 0.25) is 0 Å². The summed E-state index contributed by atoms with van der Waals surface area (Å²) in [7, 11) is 1.53. The van der Waals surface area contributed by atoms with Crippen molar-refractivity contribution in [3.8, 4) is 5.75 Å². The summed E-state index contributed by atoms with van der Waals surface area (Å²) in [6.45, 7) is 6.24. The number of benzene rings is 1. The van der Waals surface area contributed by atoms with Crippen molar-refractivity contribution in [2.24, 2.45) is 0 Å². The summed E-state index contributed by atoms with van der Waals surface area (Å²) < 4.78 is 11.0. The first-order valence-corrected chi connectivity index (χ1v) is 7.06. The van der Waals surface area contributed by atoms with Crippen molar-refractivity contribution in [2.45, 2.75) is 26.4 Å². The van der Waals surface area contributed by atoms with Gasteiger partial charge in [0, 0.05) is 12.7 Å². The van der Waals surface area contributed by atoms with Crippen LogP contribution in [-0.2, 0) is 4.74 Å². The number of carbonyl (C=O) groups excluding carboxylic acids is 2. The smallest absolute Gasteiger partial charge is 0.415 e. The Kier molecular flexibility index (Phi) is 4.44. The summed E-state index contributed by atoms with van der Waals surface area (Å²) >= 11 is 0. The van der Waals surface area contributed by atoms with Crippen LogP contribution in [0.15, 0.2) is 18.2 Å². The summed E-state index contributed by atoms with van der Waals surface area (Å²) in [5.74, 6) is 0.583. The lowest BCUT2D eigenvalue weighted by Gasteiger charge is -2.31. The van der Waals surface area contributed by atoms with Crippen molar-refractivity contribution >= 4 is 23.5 Å². The highest BCUT2D eigenvalue weighted by molar-refractivity contribution is 5.94. The van der Waals surface area contributed by atoms with Gasteiger partial charge in [0.25, 0.3) is 0 Å². The molecule has 0 atom stereocenters. The molecular weight excluding hydrogens is 286 g/mol. The molecule has 0 fully saturated rings. The molecule has 3 amide bonds. The first kappa shape index (κ1) is 15.9. The lowest BCUT2D eigenvalue weighted by Crippen LogP contribution is -2.41. The van der Waals surface area contributed by atoms with Crippen molar-refractivity contribution in [3.05, 3.63) is 18.2 Å². The normalized spacial score (nSPS) is 13.7. The van der Waals surface area contributed by atoms with Crippen LogP contribution in [0.2, 0.25) is 0 Å². The van der Waals surface area contributed by atoms with E-state index < -0.39 is 11.7 Å². The average Bonchev–Trinajstić information content (AvgIpc) is 2.44. The Balaban J connectivity index is 2.26. The highest BCUT2D eigenvalue weighted by Crippen LogP contribution is 2.35. The van der Waals surface area contributed by atoms with E-state index in [0.29, 0.717) is 30.3 Å². The molecule has 1 aliphatic heterocycles. The number of rotatable bonds is 1. The van der Waals surface area contributed by atoms with E-state index in [2.05, 4.69) is 10.6 Å². The largest absolute Gasteiger partial charge is 0.490 e. The molecule has 120 valence electrons. The molecule has 0 bridgehead atoms. The van der Waals surface area contributed by atoms with Gasteiger partial charge in [-0.3, -0.25) is 4.90 Å². The van der Waals surface area contributed by atoms with Gasteiger partial charge >= 0.3 is 12.1 Å². The van der Waals surface area contributed by atoms with Crippen LogP contribution in [0.4, 0.5) is 21.0 Å². The molecule has 0 aromatic heterocycles. The number of hydrogen-bond acceptors (Lipinski definition) is 4. The summed E-state index contributed by atoms with van der Waals surface area (Å²) in [4.78, 5) is 25.2. The first-order valence-electron chi connectivity index (χ1n) is 7.06. The van der Waals surface area contributed by atoms with Gasteiger partial charge in [0.05, 0.1) is 12.2 Å². The van der Waals surface area contributed by atoms with E-state index in [0.717, 1.165) is 0 Å². The van der Waals surface area contributed by atoms with Gasteiger partial charge in [-0.15, -0.1) is 0 Å². The van der Waals surface area contributed by atoms with Crippen LogP contribution in [0.1, 0.15) is 20.8 Å². The monoisotopic (exact) mass is 307 g/mol. The van der Waals surface area contributed by atoms with Crippen LogP contribution >= 0.6 is 0 Å². The summed E-state index contributed by atoms with van der Waals surface area (Å²) in [5.41, 5.74) is 0.569. The van der Waals surface area contributed by atoms with Crippen LogP contribution in [0, 0.1) is 0 Å². The maximum Gasteiger partial charge on any atom is 0.415 e. The summed E-state index contributed by atoms with van der Waals surface area (Å²) in [5, 5.41) is 5.14. The van der Waals surface area contributed by atoms with Gasteiger partial charge in [0.15, 0.2) is 0 Å². The lowest BCUT2D eigenvalue weighted by atomic mass is 10.2. The number of ether oxygens (including phenoxy) is 2. The standard InChI is InChI=1S/C15H21N3O4/c1-15(2,3)22-14(20)18-7-8-21-12-6-5-10(9-11(12)18)17-13(19)16-4/h5-6,9H,7-8H2,1-4H3,(H2,16,17,19). The van der Waals surface area contributed by atoms with E-state index in [1.165, 1.54) is 11.9 Å². The number of amides is 3. The molecule has 2 N–H and O–H groups in total. The van der Waals surface area contributed by atoms with Crippen molar-refractivity contribution in [3.63, 3.8) is 0 Å². The zero-order valence-corrected chi connectivity index (χ0v) is 13.2. The SMILES string of the molecule is CNC(=O)Nc1ccc2c(c1)N(C(=O)OC(C)(C)C)CCO2. The van der Waals surface area contributed by atoms with Crippen LogP contribution in [0.25, 0.3) is 0 Å². The Morgan fingerprint density at radius 3 is 2.68 bits per heavy atom. The fourth-order valence-corrected chi connectivity index (χ4v) is 2.00. The molecular formula is C15H21N3O4. The minimum atomic E-state index is -0.576. The second-order valence-electron chi connectivity index (χ2n) is 5.87. The molecule has 7 nitrogen and oxygen atoms in total. The van der Waals surface area contributed by atoms with Crippen LogP contribution in [0.5, 0.6) is 5.75 Å². The number of carbonyl (C=O) groups is 2. The number of fused-ring (bicyclic) bond motifs is 1. The molecule has 0 aliphatic carbocycles. The minimum Gasteiger partial charge on any atom is -0.490 e. The topological polar surface area (TPSA) is 79.9 Å². The molecule has 1 heterocycles. The zero-order valence-electron chi connectivity index (χ0n) is 13.2. The molecule has 1 aromatic rings. The molecule has 1 aliphatic rings. The quantitative estimate of drug-likeness (QED) is 0.835. The van der Waals surface area contributed by atoms with Crippen LogP contribution < -0.4 is 20.3 Å². The van der Waals surface area contributed by atoms with E-state index in [9.17, 15) is 9.59 Å². The third-order valence-electron chi connectivity index (χ3n) is 2.92. The predicted octanol–water partition coefficient (Wildman–Crippen LogP) is 2.57. The number of hydrogen-bond donors (Lipinski definition) is 2.